The SMILES string of the molecule is Cc1[nH]c(C=C2C(=O)NN=C2c2cccs2)c(C)c1CCNc1ccccc1. The summed E-state index contributed by atoms with van der Waals surface area (Å²) in [4.78, 5) is 16.7. The minimum absolute atomic E-state index is 0.164. The Balaban J connectivity index is 1.54. The predicted octanol–water partition coefficient (Wildman–Crippen LogP) is 4.27. The molecule has 0 unspecified atom stereocenters. The van der Waals surface area contributed by atoms with Crippen LogP contribution in [0.15, 0.2) is 58.5 Å². The zero-order chi connectivity index (χ0) is 19.5. The number of benzene rings is 1. The standard InChI is InChI=1S/C22H22N4OS/c1-14-17(10-11-23-16-7-4-3-5-8-16)15(2)24-19(14)13-18-21(25-26-22(18)27)20-9-6-12-28-20/h3-9,12-13,23-24H,10-11H2,1-2H3,(H,26,27). The average Bonchev–Trinajstić information content (AvgIpc) is 3.40. The number of rotatable bonds is 6. The van der Waals surface area contributed by atoms with Crippen molar-refractivity contribution in [3.05, 3.63) is 80.8 Å². The van der Waals surface area contributed by atoms with Gasteiger partial charge in [0.2, 0.25) is 0 Å². The second kappa shape index (κ2) is 7.86. The first-order chi connectivity index (χ1) is 13.6. The van der Waals surface area contributed by atoms with Crippen molar-refractivity contribution in [2.45, 2.75) is 20.3 Å². The molecule has 0 aliphatic carbocycles. The number of thiophene rings is 1. The van der Waals surface area contributed by atoms with Crippen molar-refractivity contribution < 1.29 is 4.79 Å². The average molecular weight is 391 g/mol. The molecule has 0 radical (unpaired) electrons. The molecule has 4 rings (SSSR count). The van der Waals surface area contributed by atoms with Crippen LogP contribution in [0.4, 0.5) is 5.69 Å². The molecule has 0 fully saturated rings. The second-order valence-corrected chi connectivity index (χ2v) is 7.69. The minimum atomic E-state index is -0.164. The molecule has 1 aliphatic rings. The molecular weight excluding hydrogens is 368 g/mol. The molecule has 1 aliphatic heterocycles. The van der Waals surface area contributed by atoms with Crippen molar-refractivity contribution in [2.75, 3.05) is 11.9 Å². The number of H-pyrrole nitrogens is 1. The minimum Gasteiger partial charge on any atom is -0.385 e. The first-order valence-corrected chi connectivity index (χ1v) is 10.1. The molecule has 1 aromatic carbocycles. The molecular formula is C22H22N4OS. The lowest BCUT2D eigenvalue weighted by Gasteiger charge is -2.07. The lowest BCUT2D eigenvalue weighted by molar-refractivity contribution is -0.116. The summed E-state index contributed by atoms with van der Waals surface area (Å²) in [5.41, 5.74) is 9.56. The van der Waals surface area contributed by atoms with E-state index in [1.165, 1.54) is 11.1 Å². The van der Waals surface area contributed by atoms with Crippen LogP contribution in [-0.2, 0) is 11.2 Å². The molecule has 1 amide bonds. The molecule has 3 N–H and O–H groups in total. The van der Waals surface area contributed by atoms with Crippen LogP contribution in [0.2, 0.25) is 0 Å². The predicted molar refractivity (Wildman–Crippen MR) is 116 cm³/mol. The van der Waals surface area contributed by atoms with Gasteiger partial charge < -0.3 is 10.3 Å². The van der Waals surface area contributed by atoms with E-state index in [1.54, 1.807) is 11.3 Å². The third-order valence-electron chi connectivity index (χ3n) is 4.92. The Labute approximate surface area is 168 Å². The lowest BCUT2D eigenvalue weighted by atomic mass is 10.0. The number of carbonyl (C=O) groups is 1. The second-order valence-electron chi connectivity index (χ2n) is 6.75. The van der Waals surface area contributed by atoms with Gasteiger partial charge in [-0.1, -0.05) is 24.3 Å². The molecule has 0 spiro atoms. The first-order valence-electron chi connectivity index (χ1n) is 9.24. The molecule has 5 nitrogen and oxygen atoms in total. The van der Waals surface area contributed by atoms with E-state index in [2.05, 4.69) is 46.8 Å². The van der Waals surface area contributed by atoms with Crippen LogP contribution < -0.4 is 10.7 Å². The molecule has 0 saturated heterocycles. The number of carbonyl (C=O) groups excluding carboxylic acids is 1. The van der Waals surface area contributed by atoms with Gasteiger partial charge in [0.15, 0.2) is 0 Å². The van der Waals surface area contributed by atoms with Crippen molar-refractivity contribution in [1.29, 1.82) is 0 Å². The van der Waals surface area contributed by atoms with Gasteiger partial charge in [-0.25, -0.2) is 5.43 Å². The normalized spacial score (nSPS) is 15.0. The van der Waals surface area contributed by atoms with Crippen molar-refractivity contribution in [3.63, 3.8) is 0 Å². The van der Waals surface area contributed by atoms with Crippen LogP contribution in [0.1, 0.15) is 27.4 Å². The van der Waals surface area contributed by atoms with Crippen LogP contribution in [0, 0.1) is 13.8 Å². The van der Waals surface area contributed by atoms with Gasteiger partial charge in [-0.05, 0) is 61.1 Å². The van der Waals surface area contributed by atoms with Gasteiger partial charge in [0.1, 0.15) is 5.71 Å². The third kappa shape index (κ3) is 3.64. The molecule has 6 heteroatoms. The van der Waals surface area contributed by atoms with Crippen LogP contribution in [0.25, 0.3) is 6.08 Å². The number of nitrogens with zero attached hydrogens (tertiary/aromatic N) is 1. The monoisotopic (exact) mass is 390 g/mol. The van der Waals surface area contributed by atoms with E-state index in [0.717, 1.165) is 34.9 Å². The largest absolute Gasteiger partial charge is 0.385 e. The fourth-order valence-electron chi connectivity index (χ4n) is 3.44. The van der Waals surface area contributed by atoms with Crippen LogP contribution in [0.5, 0.6) is 0 Å². The van der Waals surface area contributed by atoms with Crippen LogP contribution in [0.3, 0.4) is 0 Å². The van der Waals surface area contributed by atoms with Gasteiger partial charge in [-0.2, -0.15) is 5.10 Å². The number of hydrazone groups is 1. The first kappa shape index (κ1) is 18.3. The van der Waals surface area contributed by atoms with E-state index in [9.17, 15) is 4.79 Å². The highest BCUT2D eigenvalue weighted by Gasteiger charge is 2.25. The summed E-state index contributed by atoms with van der Waals surface area (Å²) in [7, 11) is 0. The van der Waals surface area contributed by atoms with Crippen LogP contribution >= 0.6 is 11.3 Å². The molecule has 2 aromatic heterocycles. The highest BCUT2D eigenvalue weighted by Crippen LogP contribution is 2.25. The molecule has 3 aromatic rings. The number of anilines is 1. The maximum absolute atomic E-state index is 12.3. The van der Waals surface area contributed by atoms with Gasteiger partial charge in [-0.15, -0.1) is 11.3 Å². The Morgan fingerprint density at radius 2 is 1.96 bits per heavy atom. The molecule has 0 saturated carbocycles. The summed E-state index contributed by atoms with van der Waals surface area (Å²) in [5.74, 6) is -0.164. The Morgan fingerprint density at radius 3 is 2.71 bits per heavy atom. The fraction of sp³-hybridized carbons (Fsp3) is 0.182. The van der Waals surface area contributed by atoms with E-state index >= 15 is 0 Å². The molecule has 3 heterocycles. The Hall–Kier alpha value is -3.12. The summed E-state index contributed by atoms with van der Waals surface area (Å²) in [6.07, 6.45) is 2.82. The van der Waals surface area contributed by atoms with Gasteiger partial charge in [0.25, 0.3) is 5.91 Å². The highest BCUT2D eigenvalue weighted by molar-refractivity contribution is 7.12. The smallest absolute Gasteiger partial charge is 0.273 e. The van der Waals surface area contributed by atoms with Gasteiger partial charge in [0.05, 0.1) is 10.5 Å². The Bertz CT molecular complexity index is 1050. The Morgan fingerprint density at radius 1 is 1.14 bits per heavy atom. The molecule has 28 heavy (non-hydrogen) atoms. The van der Waals surface area contributed by atoms with Gasteiger partial charge in [0, 0.05) is 23.6 Å². The zero-order valence-electron chi connectivity index (χ0n) is 15.9. The summed E-state index contributed by atoms with van der Waals surface area (Å²) < 4.78 is 0. The number of aryl methyl sites for hydroxylation is 1. The summed E-state index contributed by atoms with van der Waals surface area (Å²) in [6, 6.07) is 14.1. The van der Waals surface area contributed by atoms with Crippen molar-refractivity contribution in [1.82, 2.24) is 10.4 Å². The number of para-hydroxylation sites is 1. The van der Waals surface area contributed by atoms with Crippen molar-refractivity contribution in [2.24, 2.45) is 5.10 Å². The number of hydrogen-bond acceptors (Lipinski definition) is 4. The maximum Gasteiger partial charge on any atom is 0.273 e. The summed E-state index contributed by atoms with van der Waals surface area (Å²) in [6.45, 7) is 5.03. The van der Waals surface area contributed by atoms with E-state index < -0.39 is 0 Å². The number of hydrogen-bond donors (Lipinski definition) is 3. The van der Waals surface area contributed by atoms with Crippen molar-refractivity contribution in [3.8, 4) is 0 Å². The number of amides is 1. The summed E-state index contributed by atoms with van der Waals surface area (Å²) >= 11 is 1.58. The molecule has 0 atom stereocenters. The van der Waals surface area contributed by atoms with Crippen LogP contribution in [-0.4, -0.2) is 23.1 Å². The van der Waals surface area contributed by atoms with Gasteiger partial charge >= 0.3 is 0 Å². The van der Waals surface area contributed by atoms with Gasteiger partial charge in [-0.3, -0.25) is 4.79 Å². The van der Waals surface area contributed by atoms with Crippen molar-refractivity contribution >= 4 is 34.7 Å². The van der Waals surface area contributed by atoms with E-state index in [0.29, 0.717) is 11.3 Å². The fourth-order valence-corrected chi connectivity index (χ4v) is 4.16. The molecule has 0 bridgehead atoms. The topological polar surface area (TPSA) is 69.3 Å². The lowest BCUT2D eigenvalue weighted by Crippen LogP contribution is -2.13. The summed E-state index contributed by atoms with van der Waals surface area (Å²) in [5, 5.41) is 9.65. The number of aromatic nitrogens is 1. The highest BCUT2D eigenvalue weighted by atomic mass is 32.1. The van der Waals surface area contributed by atoms with E-state index in [1.807, 2.05) is 41.8 Å². The Kier molecular flexibility index (Phi) is 5.12. The number of nitrogens with one attached hydrogen (secondary N) is 3. The number of aromatic amines is 1. The maximum atomic E-state index is 12.3. The zero-order valence-corrected chi connectivity index (χ0v) is 16.7. The quantitative estimate of drug-likeness (QED) is 0.550. The van der Waals surface area contributed by atoms with E-state index in [-0.39, 0.29) is 5.91 Å². The molecule has 142 valence electrons. The third-order valence-corrected chi connectivity index (χ3v) is 5.80. The van der Waals surface area contributed by atoms with E-state index in [4.69, 9.17) is 0 Å².